The molecule has 0 bridgehead atoms. The van der Waals surface area contributed by atoms with Crippen LogP contribution < -0.4 is 15.1 Å². The third kappa shape index (κ3) is 5.96. The normalized spacial score (nSPS) is 17.8. The van der Waals surface area contributed by atoms with E-state index in [9.17, 15) is 5.11 Å². The zero-order valence-corrected chi connectivity index (χ0v) is 21.4. The van der Waals surface area contributed by atoms with Crippen molar-refractivity contribution in [2.75, 3.05) is 56.1 Å². The summed E-state index contributed by atoms with van der Waals surface area (Å²) in [4.78, 5) is 16.1. The molecule has 0 amide bonds. The minimum absolute atomic E-state index is 0. The van der Waals surface area contributed by atoms with Crippen LogP contribution in [0.25, 0.3) is 0 Å². The standard InChI is InChI=1S/C24H34N6O.HI/c1-19-9-11-29(12-10-19)23-8-7-20(17-26-23)18-27-24(25-2)30-15-13-28(14-16-30)21-5-3-4-6-22(21)31;/h3-8,17,19,31H,9-16,18H2,1-2H3,(H,25,27);1H. The van der Waals surface area contributed by atoms with Gasteiger partial charge in [0.1, 0.15) is 11.6 Å². The molecule has 0 radical (unpaired) electrons. The fourth-order valence-corrected chi connectivity index (χ4v) is 4.35. The summed E-state index contributed by atoms with van der Waals surface area (Å²) in [6, 6.07) is 11.8. The van der Waals surface area contributed by atoms with Crippen LogP contribution in [0, 0.1) is 5.92 Å². The molecule has 7 nitrogen and oxygen atoms in total. The molecule has 1 aromatic heterocycles. The molecule has 0 saturated carbocycles. The number of piperidine rings is 1. The van der Waals surface area contributed by atoms with Crippen molar-refractivity contribution in [1.29, 1.82) is 0 Å². The van der Waals surface area contributed by atoms with Gasteiger partial charge in [0.2, 0.25) is 0 Å². The molecule has 0 atom stereocenters. The van der Waals surface area contributed by atoms with Crippen molar-refractivity contribution in [3.8, 4) is 5.75 Å². The van der Waals surface area contributed by atoms with E-state index in [2.05, 4.69) is 44.1 Å². The van der Waals surface area contributed by atoms with Gasteiger partial charge in [0.25, 0.3) is 0 Å². The van der Waals surface area contributed by atoms with Crippen LogP contribution in [0.4, 0.5) is 11.5 Å². The lowest BCUT2D eigenvalue weighted by Crippen LogP contribution is -2.52. The molecule has 8 heteroatoms. The molecular weight excluding hydrogens is 515 g/mol. The zero-order valence-electron chi connectivity index (χ0n) is 19.1. The Morgan fingerprint density at radius 2 is 1.75 bits per heavy atom. The first-order valence-electron chi connectivity index (χ1n) is 11.3. The van der Waals surface area contributed by atoms with Crippen molar-refractivity contribution in [2.24, 2.45) is 10.9 Å². The van der Waals surface area contributed by atoms with Crippen LogP contribution in [0.5, 0.6) is 5.75 Å². The molecular formula is C24H35IN6O. The van der Waals surface area contributed by atoms with E-state index in [0.717, 1.165) is 68.2 Å². The molecule has 0 unspecified atom stereocenters. The number of hydrogen-bond acceptors (Lipinski definition) is 5. The number of nitrogens with zero attached hydrogens (tertiary/aromatic N) is 5. The maximum atomic E-state index is 10.1. The third-order valence-electron chi connectivity index (χ3n) is 6.38. The van der Waals surface area contributed by atoms with Crippen molar-refractivity contribution in [3.63, 3.8) is 0 Å². The zero-order chi connectivity index (χ0) is 21.6. The van der Waals surface area contributed by atoms with Crippen LogP contribution in [0.3, 0.4) is 0 Å². The summed E-state index contributed by atoms with van der Waals surface area (Å²) in [5.41, 5.74) is 2.06. The largest absolute Gasteiger partial charge is 0.506 e. The molecule has 0 aliphatic carbocycles. The molecule has 4 rings (SSSR count). The van der Waals surface area contributed by atoms with Crippen molar-refractivity contribution < 1.29 is 5.11 Å². The Kier molecular flexibility index (Phi) is 8.84. The molecule has 2 N–H and O–H groups in total. The highest BCUT2D eigenvalue weighted by Gasteiger charge is 2.21. The van der Waals surface area contributed by atoms with Crippen molar-refractivity contribution >= 4 is 41.4 Å². The number of nitrogens with one attached hydrogen (secondary N) is 1. The number of guanidine groups is 1. The average Bonchev–Trinajstić information content (AvgIpc) is 2.81. The van der Waals surface area contributed by atoms with Crippen LogP contribution in [0.1, 0.15) is 25.3 Å². The molecule has 2 aliphatic rings. The summed E-state index contributed by atoms with van der Waals surface area (Å²) >= 11 is 0. The van der Waals surface area contributed by atoms with Gasteiger partial charge in [-0.1, -0.05) is 25.1 Å². The number of pyridine rings is 1. The topological polar surface area (TPSA) is 67.2 Å². The maximum absolute atomic E-state index is 10.1. The lowest BCUT2D eigenvalue weighted by molar-refractivity contribution is 0.369. The second kappa shape index (κ2) is 11.6. The first-order valence-corrected chi connectivity index (χ1v) is 11.3. The summed E-state index contributed by atoms with van der Waals surface area (Å²) in [5, 5.41) is 13.6. The molecule has 3 heterocycles. The first-order chi connectivity index (χ1) is 15.1. The van der Waals surface area contributed by atoms with Gasteiger partial charge in [0, 0.05) is 59.1 Å². The van der Waals surface area contributed by atoms with E-state index in [1.807, 2.05) is 31.4 Å². The summed E-state index contributed by atoms with van der Waals surface area (Å²) in [6.07, 6.45) is 4.47. The molecule has 2 aliphatic heterocycles. The lowest BCUT2D eigenvalue weighted by atomic mass is 9.99. The van der Waals surface area contributed by atoms with Crippen LogP contribution in [-0.2, 0) is 6.54 Å². The number of hydrogen-bond donors (Lipinski definition) is 2. The number of rotatable bonds is 4. The number of aliphatic imine (C=N–C) groups is 1. The van der Waals surface area contributed by atoms with Gasteiger partial charge < -0.3 is 25.1 Å². The van der Waals surface area contributed by atoms with E-state index in [4.69, 9.17) is 4.98 Å². The minimum atomic E-state index is 0. The second-order valence-electron chi connectivity index (χ2n) is 8.56. The number of aromatic nitrogens is 1. The van der Waals surface area contributed by atoms with E-state index in [1.165, 1.54) is 12.8 Å². The number of halogens is 1. The number of phenols is 1. The highest BCUT2D eigenvalue weighted by Crippen LogP contribution is 2.27. The van der Waals surface area contributed by atoms with Crippen LogP contribution in [0.15, 0.2) is 47.6 Å². The van der Waals surface area contributed by atoms with Gasteiger partial charge in [-0.15, -0.1) is 24.0 Å². The SMILES string of the molecule is CN=C(NCc1ccc(N2CCC(C)CC2)nc1)N1CCN(c2ccccc2O)CC1.I. The van der Waals surface area contributed by atoms with Crippen molar-refractivity contribution in [1.82, 2.24) is 15.2 Å². The average molecular weight is 550 g/mol. The van der Waals surface area contributed by atoms with E-state index >= 15 is 0 Å². The number of anilines is 2. The highest BCUT2D eigenvalue weighted by molar-refractivity contribution is 14.0. The maximum Gasteiger partial charge on any atom is 0.194 e. The number of piperazine rings is 1. The predicted octanol–water partition coefficient (Wildman–Crippen LogP) is 3.54. The quantitative estimate of drug-likeness (QED) is 0.345. The Hall–Kier alpha value is -2.23. The second-order valence-corrected chi connectivity index (χ2v) is 8.56. The number of benzene rings is 1. The van der Waals surface area contributed by atoms with Gasteiger partial charge >= 0.3 is 0 Å². The highest BCUT2D eigenvalue weighted by atomic mass is 127. The molecule has 2 fully saturated rings. The van der Waals surface area contributed by atoms with Gasteiger partial charge in [-0.25, -0.2) is 4.98 Å². The molecule has 2 aromatic rings. The van der Waals surface area contributed by atoms with Gasteiger partial charge in [0.05, 0.1) is 5.69 Å². The van der Waals surface area contributed by atoms with Crippen LogP contribution >= 0.6 is 24.0 Å². The van der Waals surface area contributed by atoms with Crippen LogP contribution in [0.2, 0.25) is 0 Å². The Balaban J connectivity index is 0.00000289. The van der Waals surface area contributed by atoms with E-state index < -0.39 is 0 Å². The fourth-order valence-electron chi connectivity index (χ4n) is 4.35. The minimum Gasteiger partial charge on any atom is -0.506 e. The van der Waals surface area contributed by atoms with E-state index in [0.29, 0.717) is 12.3 Å². The summed E-state index contributed by atoms with van der Waals surface area (Å²) in [6.45, 7) is 8.66. The molecule has 0 spiro atoms. The summed E-state index contributed by atoms with van der Waals surface area (Å²) in [7, 11) is 1.83. The monoisotopic (exact) mass is 550 g/mol. The van der Waals surface area contributed by atoms with Crippen LogP contribution in [-0.4, -0.2) is 67.3 Å². The molecule has 2 saturated heterocycles. The smallest absolute Gasteiger partial charge is 0.194 e. The Bertz CT molecular complexity index is 874. The third-order valence-corrected chi connectivity index (χ3v) is 6.38. The van der Waals surface area contributed by atoms with E-state index in [-0.39, 0.29) is 24.0 Å². The summed E-state index contributed by atoms with van der Waals surface area (Å²) in [5.74, 6) is 3.16. The Labute approximate surface area is 208 Å². The van der Waals surface area contributed by atoms with Gasteiger partial charge in [-0.2, -0.15) is 0 Å². The van der Waals surface area contributed by atoms with Gasteiger partial charge in [-0.05, 0) is 42.5 Å². The Morgan fingerprint density at radius 3 is 2.38 bits per heavy atom. The predicted molar refractivity (Wildman–Crippen MR) is 142 cm³/mol. The fraction of sp³-hybridized carbons (Fsp3) is 0.500. The first kappa shape index (κ1) is 24.4. The lowest BCUT2D eigenvalue weighted by Gasteiger charge is -2.37. The molecule has 1 aromatic carbocycles. The van der Waals surface area contributed by atoms with Gasteiger partial charge in [0.15, 0.2) is 5.96 Å². The molecule has 32 heavy (non-hydrogen) atoms. The van der Waals surface area contributed by atoms with Crippen molar-refractivity contribution in [3.05, 3.63) is 48.2 Å². The number of para-hydroxylation sites is 2. The van der Waals surface area contributed by atoms with Crippen molar-refractivity contribution in [2.45, 2.75) is 26.3 Å². The number of phenolic OH excluding ortho intramolecular Hbond substituents is 1. The summed E-state index contributed by atoms with van der Waals surface area (Å²) < 4.78 is 0. The Morgan fingerprint density at radius 1 is 1.03 bits per heavy atom. The number of aromatic hydroxyl groups is 1. The van der Waals surface area contributed by atoms with E-state index in [1.54, 1.807) is 6.07 Å². The molecule has 174 valence electrons. The van der Waals surface area contributed by atoms with Gasteiger partial charge in [-0.3, -0.25) is 4.99 Å².